The largest absolute Gasteiger partial charge is 0.494 e. The number of hydrogen-bond donors (Lipinski definition) is 2. The van der Waals surface area contributed by atoms with Crippen molar-refractivity contribution in [1.29, 1.82) is 0 Å². The van der Waals surface area contributed by atoms with Gasteiger partial charge in [0.15, 0.2) is 0 Å². The van der Waals surface area contributed by atoms with Crippen molar-refractivity contribution in [3.05, 3.63) is 23.8 Å². The van der Waals surface area contributed by atoms with Crippen LogP contribution in [-0.4, -0.2) is 32.1 Å². The minimum absolute atomic E-state index is 0.114. The quantitative estimate of drug-likeness (QED) is 0.828. The van der Waals surface area contributed by atoms with Crippen LogP contribution >= 0.6 is 0 Å². The summed E-state index contributed by atoms with van der Waals surface area (Å²) in [6.45, 7) is 2.28. The number of carboxylic acid groups (broad SMARTS) is 1. The van der Waals surface area contributed by atoms with Crippen LogP contribution < -0.4 is 9.46 Å². The Kier molecular flexibility index (Phi) is 3.27. The molecular weight excluding hydrogens is 258 g/mol. The van der Waals surface area contributed by atoms with E-state index in [-0.39, 0.29) is 11.3 Å². The molecule has 1 heterocycles. The second-order valence-corrected chi connectivity index (χ2v) is 5.60. The highest BCUT2D eigenvalue weighted by Crippen LogP contribution is 2.27. The first-order valence-electron chi connectivity index (χ1n) is 5.45. The lowest BCUT2D eigenvalue weighted by Gasteiger charge is -2.23. The van der Waals surface area contributed by atoms with Crippen molar-refractivity contribution >= 4 is 16.0 Å². The number of aliphatic carboxylic acids is 1. The molecule has 0 aliphatic carbocycles. The normalized spacial score (nSPS) is 21.1. The molecule has 0 bridgehead atoms. The van der Waals surface area contributed by atoms with Gasteiger partial charge in [-0.2, -0.15) is 4.72 Å². The minimum Gasteiger partial charge on any atom is -0.494 e. The summed E-state index contributed by atoms with van der Waals surface area (Å²) in [6, 6.07) is 3.44. The lowest BCUT2D eigenvalue weighted by molar-refractivity contribution is -0.139. The van der Waals surface area contributed by atoms with Crippen LogP contribution in [0.1, 0.15) is 12.5 Å². The predicted molar refractivity (Wildman–Crippen MR) is 63.1 cm³/mol. The summed E-state index contributed by atoms with van der Waals surface area (Å²) in [5.74, 6) is -0.650. The molecule has 0 radical (unpaired) electrons. The maximum absolute atomic E-state index is 11.8. The Bertz CT molecular complexity index is 581. The van der Waals surface area contributed by atoms with Gasteiger partial charge in [0, 0.05) is 6.42 Å². The highest BCUT2D eigenvalue weighted by molar-refractivity contribution is 7.89. The maximum atomic E-state index is 11.8. The number of benzene rings is 1. The van der Waals surface area contributed by atoms with Gasteiger partial charge in [-0.1, -0.05) is 0 Å². The second-order valence-electron chi connectivity index (χ2n) is 3.92. The molecule has 1 unspecified atom stereocenters. The number of carbonyl (C=O) groups is 1. The summed E-state index contributed by atoms with van der Waals surface area (Å²) in [7, 11) is -3.75. The van der Waals surface area contributed by atoms with Gasteiger partial charge in [0.1, 0.15) is 11.8 Å². The number of nitrogens with one attached hydrogen (secondary N) is 1. The number of carboxylic acids is 1. The standard InChI is InChI=1S/C11H13NO5S/c1-2-17-8-3-4-10-7(5-8)6-9(11(13)14)12-18(10,15)16/h3-5,9,12H,2,6H2,1H3,(H,13,14). The van der Waals surface area contributed by atoms with Gasteiger partial charge >= 0.3 is 5.97 Å². The van der Waals surface area contributed by atoms with Crippen LogP contribution in [0.2, 0.25) is 0 Å². The van der Waals surface area contributed by atoms with Crippen LogP contribution in [0.4, 0.5) is 0 Å². The summed E-state index contributed by atoms with van der Waals surface area (Å²) in [5.41, 5.74) is 0.465. The van der Waals surface area contributed by atoms with Crippen LogP contribution in [0.5, 0.6) is 5.75 Å². The van der Waals surface area contributed by atoms with Crippen LogP contribution in [0.25, 0.3) is 0 Å². The van der Waals surface area contributed by atoms with Gasteiger partial charge in [-0.15, -0.1) is 0 Å². The second kappa shape index (κ2) is 4.58. The molecule has 0 saturated heterocycles. The van der Waals surface area contributed by atoms with E-state index in [1.54, 1.807) is 12.1 Å². The molecule has 0 fully saturated rings. The molecule has 6 nitrogen and oxygen atoms in total. The number of hydrogen-bond acceptors (Lipinski definition) is 4. The molecule has 2 N–H and O–H groups in total. The monoisotopic (exact) mass is 271 g/mol. The van der Waals surface area contributed by atoms with Crippen LogP contribution in [0, 0.1) is 0 Å². The first-order chi connectivity index (χ1) is 8.44. The summed E-state index contributed by atoms with van der Waals surface area (Å²) in [4.78, 5) is 11.0. The fourth-order valence-corrected chi connectivity index (χ4v) is 3.30. The molecule has 2 rings (SSSR count). The topological polar surface area (TPSA) is 92.7 Å². The Morgan fingerprint density at radius 1 is 1.56 bits per heavy atom. The van der Waals surface area contributed by atoms with Crippen molar-refractivity contribution < 1.29 is 23.1 Å². The first kappa shape index (κ1) is 12.8. The number of rotatable bonds is 3. The third-order valence-corrected chi connectivity index (χ3v) is 4.22. The van der Waals surface area contributed by atoms with E-state index in [0.717, 1.165) is 0 Å². The van der Waals surface area contributed by atoms with E-state index in [4.69, 9.17) is 9.84 Å². The number of ether oxygens (including phenoxy) is 1. The van der Waals surface area contributed by atoms with Gasteiger partial charge in [-0.25, -0.2) is 8.42 Å². The first-order valence-corrected chi connectivity index (χ1v) is 6.93. The molecule has 0 spiro atoms. The molecule has 0 aromatic heterocycles. The molecule has 1 atom stereocenters. The van der Waals surface area contributed by atoms with E-state index < -0.39 is 22.0 Å². The van der Waals surface area contributed by atoms with E-state index >= 15 is 0 Å². The summed E-state index contributed by atoms with van der Waals surface area (Å²) in [5, 5.41) is 8.91. The third kappa shape index (κ3) is 2.32. The van der Waals surface area contributed by atoms with E-state index in [1.165, 1.54) is 6.07 Å². The van der Waals surface area contributed by atoms with Gasteiger partial charge < -0.3 is 9.84 Å². The van der Waals surface area contributed by atoms with Crippen molar-refractivity contribution in [3.8, 4) is 5.75 Å². The summed E-state index contributed by atoms with van der Waals surface area (Å²) < 4.78 is 31.1. The Morgan fingerprint density at radius 3 is 2.89 bits per heavy atom. The lowest BCUT2D eigenvalue weighted by atomic mass is 10.1. The molecule has 1 aliphatic heterocycles. The predicted octanol–water partition coefficient (Wildman–Crippen LogP) is 0.373. The molecule has 7 heteroatoms. The van der Waals surface area contributed by atoms with Crippen molar-refractivity contribution in [3.63, 3.8) is 0 Å². The van der Waals surface area contributed by atoms with E-state index in [1.807, 2.05) is 6.92 Å². The van der Waals surface area contributed by atoms with E-state index in [9.17, 15) is 13.2 Å². The van der Waals surface area contributed by atoms with Crippen LogP contribution in [0.3, 0.4) is 0 Å². The highest BCUT2D eigenvalue weighted by Gasteiger charge is 2.33. The van der Waals surface area contributed by atoms with Gasteiger partial charge in [0.25, 0.3) is 0 Å². The SMILES string of the molecule is CCOc1ccc2c(c1)CC(C(=O)O)NS2(=O)=O. The van der Waals surface area contributed by atoms with Crippen LogP contribution in [-0.2, 0) is 21.2 Å². The smallest absolute Gasteiger partial charge is 0.322 e. The van der Waals surface area contributed by atoms with E-state index in [2.05, 4.69) is 4.72 Å². The zero-order valence-corrected chi connectivity index (χ0v) is 10.5. The highest BCUT2D eigenvalue weighted by atomic mass is 32.2. The molecule has 1 aromatic carbocycles. The molecule has 1 aromatic rings. The number of sulfonamides is 1. The maximum Gasteiger partial charge on any atom is 0.322 e. The summed E-state index contributed by atoms with van der Waals surface area (Å²) in [6.07, 6.45) is 0.116. The van der Waals surface area contributed by atoms with Gasteiger partial charge in [-0.05, 0) is 30.7 Å². The molecule has 0 amide bonds. The van der Waals surface area contributed by atoms with E-state index in [0.29, 0.717) is 17.9 Å². The van der Waals surface area contributed by atoms with Gasteiger partial charge in [-0.3, -0.25) is 4.79 Å². The minimum atomic E-state index is -3.75. The molecule has 0 saturated carbocycles. The average molecular weight is 271 g/mol. The molecule has 18 heavy (non-hydrogen) atoms. The number of fused-ring (bicyclic) bond motifs is 1. The zero-order chi connectivity index (χ0) is 13.3. The van der Waals surface area contributed by atoms with Crippen molar-refractivity contribution in [1.82, 2.24) is 4.72 Å². The van der Waals surface area contributed by atoms with Crippen molar-refractivity contribution in [2.75, 3.05) is 6.61 Å². The zero-order valence-electron chi connectivity index (χ0n) is 9.71. The van der Waals surface area contributed by atoms with Gasteiger partial charge in [0.05, 0.1) is 11.5 Å². The van der Waals surface area contributed by atoms with Crippen LogP contribution in [0.15, 0.2) is 23.1 Å². The molecule has 1 aliphatic rings. The van der Waals surface area contributed by atoms with Crippen molar-refractivity contribution in [2.24, 2.45) is 0 Å². The average Bonchev–Trinajstić information content (AvgIpc) is 2.27. The van der Waals surface area contributed by atoms with Crippen molar-refractivity contribution in [2.45, 2.75) is 24.3 Å². The molecular formula is C11H13NO5S. The Hall–Kier alpha value is -1.60. The fourth-order valence-electron chi connectivity index (χ4n) is 1.88. The third-order valence-electron chi connectivity index (χ3n) is 2.65. The van der Waals surface area contributed by atoms with Gasteiger partial charge in [0.2, 0.25) is 10.0 Å². The lowest BCUT2D eigenvalue weighted by Crippen LogP contribution is -2.45. The molecule has 98 valence electrons. The Balaban J connectivity index is 2.46. The Labute approximate surface area is 105 Å². The summed E-state index contributed by atoms with van der Waals surface area (Å²) >= 11 is 0. The fraction of sp³-hybridized carbons (Fsp3) is 0.364. The Morgan fingerprint density at radius 2 is 2.28 bits per heavy atom.